The molecule has 1 aliphatic heterocycles. The van der Waals surface area contributed by atoms with Crippen molar-refractivity contribution < 1.29 is 4.52 Å². The van der Waals surface area contributed by atoms with E-state index in [0.717, 1.165) is 30.9 Å². The van der Waals surface area contributed by atoms with Crippen LogP contribution in [0.1, 0.15) is 42.1 Å². The van der Waals surface area contributed by atoms with Gasteiger partial charge < -0.3 is 9.84 Å². The highest BCUT2D eigenvalue weighted by Gasteiger charge is 2.26. The average molecular weight is 255 g/mol. The fourth-order valence-corrected chi connectivity index (χ4v) is 2.91. The molecule has 19 heavy (non-hydrogen) atoms. The van der Waals surface area contributed by atoms with Gasteiger partial charge in [-0.25, -0.2) is 0 Å². The zero-order valence-corrected chi connectivity index (χ0v) is 10.9. The summed E-state index contributed by atoms with van der Waals surface area (Å²) in [5.41, 5.74) is 3.84. The molecule has 2 heterocycles. The molecule has 1 saturated carbocycles. The van der Waals surface area contributed by atoms with Gasteiger partial charge in [-0.15, -0.1) is 0 Å². The molecule has 1 fully saturated rings. The first-order valence-electron chi connectivity index (χ1n) is 7.07. The Morgan fingerprint density at radius 3 is 3.05 bits per heavy atom. The van der Waals surface area contributed by atoms with Crippen molar-refractivity contribution in [1.29, 1.82) is 0 Å². The maximum Gasteiger partial charge on any atom is 0.258 e. The van der Waals surface area contributed by atoms with Crippen LogP contribution in [0, 0.1) is 0 Å². The zero-order chi connectivity index (χ0) is 12.7. The minimum Gasteiger partial charge on any atom is -0.334 e. The highest BCUT2D eigenvalue weighted by molar-refractivity contribution is 5.61. The molecule has 1 aliphatic carbocycles. The summed E-state index contributed by atoms with van der Waals surface area (Å²) in [5, 5.41) is 7.56. The highest BCUT2D eigenvalue weighted by Crippen LogP contribution is 2.36. The monoisotopic (exact) mass is 255 g/mol. The Kier molecular flexibility index (Phi) is 2.62. The molecule has 1 aromatic heterocycles. The summed E-state index contributed by atoms with van der Waals surface area (Å²) in [6.07, 6.45) is 4.74. The Labute approximate surface area is 112 Å². The summed E-state index contributed by atoms with van der Waals surface area (Å²) in [7, 11) is 0. The van der Waals surface area contributed by atoms with E-state index in [9.17, 15) is 0 Å². The Balaban J connectivity index is 1.73. The predicted octanol–water partition coefficient (Wildman–Crippen LogP) is 2.65. The molecule has 0 saturated heterocycles. The van der Waals surface area contributed by atoms with Crippen molar-refractivity contribution in [2.45, 2.75) is 38.1 Å². The van der Waals surface area contributed by atoms with Gasteiger partial charge in [-0.3, -0.25) is 0 Å². The van der Waals surface area contributed by atoms with Crippen molar-refractivity contribution in [3.05, 3.63) is 35.2 Å². The summed E-state index contributed by atoms with van der Waals surface area (Å²) < 4.78 is 5.49. The minimum atomic E-state index is 0.527. The number of benzene rings is 1. The molecule has 0 bridgehead atoms. The second-order valence-electron chi connectivity index (χ2n) is 5.46. The average Bonchev–Trinajstić information content (AvgIpc) is 2.85. The van der Waals surface area contributed by atoms with Gasteiger partial charge in [-0.1, -0.05) is 23.7 Å². The Bertz CT molecular complexity index is 601. The molecule has 1 N–H and O–H groups in total. The number of aromatic nitrogens is 2. The van der Waals surface area contributed by atoms with Crippen LogP contribution in [0.2, 0.25) is 0 Å². The molecule has 1 aromatic carbocycles. The normalized spacial score (nSPS) is 18.9. The summed E-state index contributed by atoms with van der Waals surface area (Å²) >= 11 is 0. The van der Waals surface area contributed by atoms with Crippen molar-refractivity contribution in [3.8, 4) is 11.5 Å². The largest absolute Gasteiger partial charge is 0.334 e. The van der Waals surface area contributed by atoms with Crippen molar-refractivity contribution in [2.75, 3.05) is 6.54 Å². The SMILES string of the molecule is c1cc2c(c(-c3nc(C4CCC4)no3)c1)CCNC2. The quantitative estimate of drug-likeness (QED) is 0.896. The third-order valence-corrected chi connectivity index (χ3v) is 4.28. The van der Waals surface area contributed by atoms with E-state index in [1.165, 1.54) is 30.4 Å². The standard InChI is InChI=1S/C15H17N3O/c1-3-10(4-1)14-17-15(19-18-14)13-6-2-5-11-9-16-8-7-12(11)13/h2,5-6,10,16H,1,3-4,7-9H2. The number of nitrogens with one attached hydrogen (secondary N) is 1. The molecule has 0 unspecified atom stereocenters. The molecule has 98 valence electrons. The molecular weight excluding hydrogens is 238 g/mol. The molecule has 0 radical (unpaired) electrons. The lowest BCUT2D eigenvalue weighted by Gasteiger charge is -2.21. The molecule has 2 aliphatic rings. The van der Waals surface area contributed by atoms with E-state index in [0.29, 0.717) is 11.8 Å². The van der Waals surface area contributed by atoms with Gasteiger partial charge in [0.15, 0.2) is 5.82 Å². The Hall–Kier alpha value is -1.68. The van der Waals surface area contributed by atoms with Crippen LogP contribution in [0.5, 0.6) is 0 Å². The molecule has 0 amide bonds. The molecular formula is C15H17N3O. The first-order valence-corrected chi connectivity index (χ1v) is 7.07. The highest BCUT2D eigenvalue weighted by atomic mass is 16.5. The van der Waals surface area contributed by atoms with E-state index in [1.807, 2.05) is 0 Å². The molecule has 4 heteroatoms. The fraction of sp³-hybridized carbons (Fsp3) is 0.467. The zero-order valence-electron chi connectivity index (χ0n) is 10.9. The smallest absolute Gasteiger partial charge is 0.258 e. The number of hydrogen-bond donors (Lipinski definition) is 1. The number of rotatable bonds is 2. The van der Waals surface area contributed by atoms with Crippen LogP contribution in [0.4, 0.5) is 0 Å². The minimum absolute atomic E-state index is 0.527. The third-order valence-electron chi connectivity index (χ3n) is 4.28. The summed E-state index contributed by atoms with van der Waals surface area (Å²) in [5.74, 6) is 2.12. The maximum atomic E-state index is 5.49. The molecule has 0 spiro atoms. The van der Waals surface area contributed by atoms with E-state index in [1.54, 1.807) is 0 Å². The van der Waals surface area contributed by atoms with Crippen LogP contribution in [0.25, 0.3) is 11.5 Å². The fourth-order valence-electron chi connectivity index (χ4n) is 2.91. The van der Waals surface area contributed by atoms with Gasteiger partial charge in [-0.05, 0) is 43.0 Å². The number of hydrogen-bond acceptors (Lipinski definition) is 4. The van der Waals surface area contributed by atoms with Crippen molar-refractivity contribution in [1.82, 2.24) is 15.5 Å². The van der Waals surface area contributed by atoms with Crippen molar-refractivity contribution in [2.24, 2.45) is 0 Å². The van der Waals surface area contributed by atoms with Gasteiger partial charge >= 0.3 is 0 Å². The van der Waals surface area contributed by atoms with Gasteiger partial charge in [0.05, 0.1) is 0 Å². The van der Waals surface area contributed by atoms with E-state index >= 15 is 0 Å². The maximum absolute atomic E-state index is 5.49. The first-order chi connectivity index (χ1) is 9.42. The van der Waals surface area contributed by atoms with Crippen LogP contribution in [-0.2, 0) is 13.0 Å². The van der Waals surface area contributed by atoms with Crippen LogP contribution in [-0.4, -0.2) is 16.7 Å². The van der Waals surface area contributed by atoms with Gasteiger partial charge in [-0.2, -0.15) is 4.98 Å². The van der Waals surface area contributed by atoms with E-state index in [4.69, 9.17) is 4.52 Å². The summed E-state index contributed by atoms with van der Waals surface area (Å²) in [4.78, 5) is 4.61. The Morgan fingerprint density at radius 2 is 2.21 bits per heavy atom. The second kappa shape index (κ2) is 4.46. The lowest BCUT2D eigenvalue weighted by molar-refractivity contribution is 0.366. The van der Waals surface area contributed by atoms with Gasteiger partial charge in [0.25, 0.3) is 5.89 Å². The molecule has 4 nitrogen and oxygen atoms in total. The van der Waals surface area contributed by atoms with E-state index in [2.05, 4.69) is 33.7 Å². The number of fused-ring (bicyclic) bond motifs is 1. The van der Waals surface area contributed by atoms with Crippen molar-refractivity contribution >= 4 is 0 Å². The van der Waals surface area contributed by atoms with E-state index in [-0.39, 0.29) is 0 Å². The first kappa shape index (κ1) is 11.2. The topological polar surface area (TPSA) is 51.0 Å². The van der Waals surface area contributed by atoms with E-state index < -0.39 is 0 Å². The molecule has 0 atom stereocenters. The van der Waals surface area contributed by atoms with Crippen LogP contribution >= 0.6 is 0 Å². The van der Waals surface area contributed by atoms with Gasteiger partial charge in [0.2, 0.25) is 0 Å². The lowest BCUT2D eigenvalue weighted by Crippen LogP contribution is -2.24. The Morgan fingerprint density at radius 1 is 1.26 bits per heavy atom. The van der Waals surface area contributed by atoms with Crippen LogP contribution in [0.3, 0.4) is 0 Å². The second-order valence-corrected chi connectivity index (χ2v) is 5.46. The molecule has 2 aromatic rings. The van der Waals surface area contributed by atoms with Gasteiger partial charge in [0, 0.05) is 18.0 Å². The van der Waals surface area contributed by atoms with Gasteiger partial charge in [0.1, 0.15) is 0 Å². The molecule has 4 rings (SSSR count). The predicted molar refractivity (Wildman–Crippen MR) is 71.7 cm³/mol. The number of nitrogens with zero attached hydrogens (tertiary/aromatic N) is 2. The lowest BCUT2D eigenvalue weighted by atomic mass is 9.85. The summed E-state index contributed by atoms with van der Waals surface area (Å²) in [6.45, 7) is 1.96. The van der Waals surface area contributed by atoms with Crippen LogP contribution in [0.15, 0.2) is 22.7 Å². The summed E-state index contributed by atoms with van der Waals surface area (Å²) in [6, 6.07) is 6.35. The van der Waals surface area contributed by atoms with Crippen LogP contribution < -0.4 is 5.32 Å². The third kappa shape index (κ3) is 1.87. The van der Waals surface area contributed by atoms with Crippen molar-refractivity contribution in [3.63, 3.8) is 0 Å².